The predicted octanol–water partition coefficient (Wildman–Crippen LogP) is 4.54. The van der Waals surface area contributed by atoms with Gasteiger partial charge in [0.2, 0.25) is 21.8 Å². The van der Waals surface area contributed by atoms with Gasteiger partial charge in [0.15, 0.2) is 0 Å². The number of aryl methyl sites for hydroxylation is 1. The van der Waals surface area contributed by atoms with Gasteiger partial charge in [0, 0.05) is 17.6 Å². The normalized spacial score (nSPS) is 15.0. The molecule has 0 bridgehead atoms. The van der Waals surface area contributed by atoms with Crippen LogP contribution in [0.5, 0.6) is 0 Å². The third kappa shape index (κ3) is 7.35. The van der Waals surface area contributed by atoms with Crippen molar-refractivity contribution in [3.8, 4) is 0 Å². The van der Waals surface area contributed by atoms with Gasteiger partial charge in [-0.15, -0.1) is 0 Å². The molecule has 0 heterocycles. The molecule has 0 radical (unpaired) electrons. The van der Waals surface area contributed by atoms with E-state index in [1.807, 2.05) is 31.2 Å². The monoisotopic (exact) mass is 539 g/mol. The van der Waals surface area contributed by atoms with Crippen LogP contribution in [0, 0.1) is 6.92 Å². The van der Waals surface area contributed by atoms with Gasteiger partial charge >= 0.3 is 0 Å². The van der Waals surface area contributed by atoms with E-state index in [9.17, 15) is 18.0 Å². The first-order valence-electron chi connectivity index (χ1n) is 11.5. The highest BCUT2D eigenvalue weighted by atomic mass is 35.5. The molecule has 0 spiro atoms. The summed E-state index contributed by atoms with van der Waals surface area (Å²) in [6.45, 7) is 3.26. The van der Waals surface area contributed by atoms with Crippen molar-refractivity contribution in [3.05, 3.63) is 63.6 Å². The van der Waals surface area contributed by atoms with Gasteiger partial charge in [0.1, 0.15) is 12.6 Å². The van der Waals surface area contributed by atoms with E-state index in [1.54, 1.807) is 6.92 Å². The summed E-state index contributed by atoms with van der Waals surface area (Å²) in [6, 6.07) is 11.3. The van der Waals surface area contributed by atoms with Gasteiger partial charge in [0.25, 0.3) is 0 Å². The minimum absolute atomic E-state index is 0.0984. The van der Waals surface area contributed by atoms with Crippen molar-refractivity contribution in [2.75, 3.05) is 17.1 Å². The van der Waals surface area contributed by atoms with Gasteiger partial charge < -0.3 is 10.2 Å². The highest BCUT2D eigenvalue weighted by Gasteiger charge is 2.32. The van der Waals surface area contributed by atoms with Crippen molar-refractivity contribution in [3.63, 3.8) is 0 Å². The summed E-state index contributed by atoms with van der Waals surface area (Å²) < 4.78 is 26.2. The zero-order chi connectivity index (χ0) is 25.8. The predicted molar refractivity (Wildman–Crippen MR) is 140 cm³/mol. The first-order valence-corrected chi connectivity index (χ1v) is 14.1. The Morgan fingerprint density at radius 2 is 1.80 bits per heavy atom. The maximum atomic E-state index is 13.6. The Balaban J connectivity index is 1.90. The maximum absolute atomic E-state index is 13.6. The number of carbonyl (C=O) groups excluding carboxylic acids is 2. The number of hydrogen-bond donors (Lipinski definition) is 1. The molecule has 35 heavy (non-hydrogen) atoms. The molecule has 0 unspecified atom stereocenters. The number of nitrogens with zero attached hydrogens (tertiary/aromatic N) is 2. The SMILES string of the molecule is Cc1cccc(CN(C(=O)CN(c2ccc(Cl)cc2Cl)S(C)(=O)=O)[C@@H](C)C(=O)NC2CCCC2)c1. The number of carbonyl (C=O) groups is 2. The number of nitrogens with one attached hydrogen (secondary N) is 1. The van der Waals surface area contributed by atoms with Gasteiger partial charge in [0.05, 0.1) is 17.0 Å². The fourth-order valence-corrected chi connectivity index (χ4v) is 5.68. The number of anilines is 1. The number of halogens is 2. The van der Waals surface area contributed by atoms with Crippen molar-refractivity contribution in [2.24, 2.45) is 0 Å². The number of hydrogen-bond acceptors (Lipinski definition) is 4. The van der Waals surface area contributed by atoms with Crippen LogP contribution in [-0.4, -0.2) is 50.0 Å². The molecule has 0 aromatic heterocycles. The van der Waals surface area contributed by atoms with Crippen molar-refractivity contribution < 1.29 is 18.0 Å². The summed E-state index contributed by atoms with van der Waals surface area (Å²) in [5, 5.41) is 3.49. The average molecular weight is 541 g/mol. The second-order valence-corrected chi connectivity index (χ2v) is 11.8. The molecule has 2 amide bonds. The molecular weight excluding hydrogens is 509 g/mol. The van der Waals surface area contributed by atoms with Crippen LogP contribution in [0.3, 0.4) is 0 Å². The van der Waals surface area contributed by atoms with E-state index in [4.69, 9.17) is 23.2 Å². The van der Waals surface area contributed by atoms with E-state index < -0.39 is 28.5 Å². The minimum Gasteiger partial charge on any atom is -0.352 e. The summed E-state index contributed by atoms with van der Waals surface area (Å²) in [7, 11) is -3.87. The molecule has 10 heteroatoms. The molecular formula is C25H31Cl2N3O4S. The van der Waals surface area contributed by atoms with E-state index in [0.29, 0.717) is 5.02 Å². The van der Waals surface area contributed by atoms with Crippen molar-refractivity contribution in [1.29, 1.82) is 0 Å². The number of rotatable bonds is 9. The zero-order valence-electron chi connectivity index (χ0n) is 20.1. The Hall–Kier alpha value is -2.29. The summed E-state index contributed by atoms with van der Waals surface area (Å²) in [5.74, 6) is -0.773. The maximum Gasteiger partial charge on any atom is 0.244 e. The summed E-state index contributed by atoms with van der Waals surface area (Å²) in [5.41, 5.74) is 2.00. The molecule has 0 aliphatic heterocycles. The van der Waals surface area contributed by atoms with Crippen molar-refractivity contribution >= 4 is 50.7 Å². The van der Waals surface area contributed by atoms with E-state index in [-0.39, 0.29) is 29.2 Å². The molecule has 1 N–H and O–H groups in total. The van der Waals surface area contributed by atoms with E-state index in [1.165, 1.54) is 23.1 Å². The summed E-state index contributed by atoms with van der Waals surface area (Å²) >= 11 is 12.2. The van der Waals surface area contributed by atoms with Crippen LogP contribution in [0.2, 0.25) is 10.0 Å². The first-order chi connectivity index (χ1) is 16.5. The van der Waals surface area contributed by atoms with Crippen LogP contribution in [0.25, 0.3) is 0 Å². The zero-order valence-corrected chi connectivity index (χ0v) is 22.5. The second kappa shape index (κ2) is 11.6. The fourth-order valence-electron chi connectivity index (χ4n) is 4.26. The van der Waals surface area contributed by atoms with Crippen LogP contribution in [0.1, 0.15) is 43.7 Å². The third-order valence-corrected chi connectivity index (χ3v) is 7.83. The van der Waals surface area contributed by atoms with Gasteiger partial charge in [-0.05, 0) is 50.5 Å². The number of sulfonamides is 1. The molecule has 1 saturated carbocycles. The van der Waals surface area contributed by atoms with Crippen molar-refractivity contribution in [1.82, 2.24) is 10.2 Å². The van der Waals surface area contributed by atoms with E-state index >= 15 is 0 Å². The lowest BCUT2D eigenvalue weighted by Crippen LogP contribution is -2.52. The minimum atomic E-state index is -3.87. The van der Waals surface area contributed by atoms with Crippen LogP contribution in [0.4, 0.5) is 5.69 Å². The molecule has 0 saturated heterocycles. The summed E-state index contributed by atoms with van der Waals surface area (Å²) in [4.78, 5) is 28.1. The number of amides is 2. The summed E-state index contributed by atoms with van der Waals surface area (Å²) in [6.07, 6.45) is 4.97. The molecule has 2 aromatic rings. The number of benzene rings is 2. The lowest BCUT2D eigenvalue weighted by atomic mass is 10.1. The molecule has 7 nitrogen and oxygen atoms in total. The second-order valence-electron chi connectivity index (χ2n) is 9.04. The van der Waals surface area contributed by atoms with Crippen LogP contribution >= 0.6 is 23.2 Å². The quantitative estimate of drug-likeness (QED) is 0.506. The lowest BCUT2D eigenvalue weighted by molar-refractivity contribution is -0.139. The van der Waals surface area contributed by atoms with Crippen molar-refractivity contribution in [2.45, 2.75) is 58.2 Å². The van der Waals surface area contributed by atoms with Crippen LogP contribution in [-0.2, 0) is 26.2 Å². The Labute approximate surface area is 217 Å². The van der Waals surface area contributed by atoms with Crippen LogP contribution < -0.4 is 9.62 Å². The molecule has 3 rings (SSSR count). The standard InChI is InChI=1S/C25H31Cl2N3O4S/c1-17-7-6-8-19(13-17)15-29(18(2)25(32)28-21-9-4-5-10-21)24(31)16-30(35(3,33)34)23-12-11-20(26)14-22(23)27/h6-8,11-14,18,21H,4-5,9-10,15-16H2,1-3H3,(H,28,32)/t18-/m0/s1. The topological polar surface area (TPSA) is 86.8 Å². The third-order valence-electron chi connectivity index (χ3n) is 6.16. The van der Waals surface area contributed by atoms with Gasteiger partial charge in [-0.2, -0.15) is 0 Å². The molecule has 1 aliphatic rings. The smallest absolute Gasteiger partial charge is 0.244 e. The first kappa shape index (κ1) is 27.3. The molecule has 1 atom stereocenters. The highest BCUT2D eigenvalue weighted by molar-refractivity contribution is 7.92. The van der Waals surface area contributed by atoms with E-state index in [2.05, 4.69) is 5.32 Å². The van der Waals surface area contributed by atoms with Gasteiger partial charge in [-0.3, -0.25) is 13.9 Å². The lowest BCUT2D eigenvalue weighted by Gasteiger charge is -2.32. The Kier molecular flexibility index (Phi) is 9.07. The van der Waals surface area contributed by atoms with Gasteiger partial charge in [-0.25, -0.2) is 8.42 Å². The Bertz CT molecular complexity index is 1180. The fraction of sp³-hybridized carbons (Fsp3) is 0.440. The average Bonchev–Trinajstić information content (AvgIpc) is 3.28. The molecule has 190 valence electrons. The largest absolute Gasteiger partial charge is 0.352 e. The molecule has 1 fully saturated rings. The molecule has 1 aliphatic carbocycles. The van der Waals surface area contributed by atoms with Crippen LogP contribution in [0.15, 0.2) is 42.5 Å². The highest BCUT2D eigenvalue weighted by Crippen LogP contribution is 2.30. The van der Waals surface area contributed by atoms with E-state index in [0.717, 1.165) is 47.4 Å². The Morgan fingerprint density at radius 1 is 1.11 bits per heavy atom. The molecule has 2 aromatic carbocycles. The Morgan fingerprint density at radius 3 is 2.40 bits per heavy atom. The van der Waals surface area contributed by atoms with Gasteiger partial charge in [-0.1, -0.05) is 65.9 Å².